The predicted octanol–water partition coefficient (Wildman–Crippen LogP) is -0.0599. The highest BCUT2D eigenvalue weighted by Gasteiger charge is 2.16. The van der Waals surface area contributed by atoms with E-state index in [-0.39, 0.29) is 18.6 Å². The molecular weight excluding hydrogens is 272 g/mol. The number of nitrogen functional groups attached to an aromatic ring is 1. The lowest BCUT2D eigenvalue weighted by Crippen LogP contribution is -2.34. The summed E-state index contributed by atoms with van der Waals surface area (Å²) in [4.78, 5) is 14.9. The minimum absolute atomic E-state index is 0.113. The summed E-state index contributed by atoms with van der Waals surface area (Å²) in [6.45, 7) is 4.82. The first-order valence-corrected chi connectivity index (χ1v) is 6.76. The van der Waals surface area contributed by atoms with Crippen LogP contribution < -0.4 is 16.2 Å². The molecule has 0 spiro atoms. The van der Waals surface area contributed by atoms with E-state index in [0.717, 1.165) is 0 Å². The van der Waals surface area contributed by atoms with Gasteiger partial charge in [-0.1, -0.05) is 0 Å². The number of aliphatic hydroxyl groups excluding tert-OH is 1. The van der Waals surface area contributed by atoms with E-state index in [4.69, 9.17) is 10.9 Å². The van der Waals surface area contributed by atoms with Gasteiger partial charge in [0.05, 0.1) is 0 Å². The maximum absolute atomic E-state index is 9.02. The van der Waals surface area contributed by atoms with Gasteiger partial charge in [-0.3, -0.25) is 5.43 Å². The molecular formula is C12H20N8O. The van der Waals surface area contributed by atoms with E-state index >= 15 is 0 Å². The number of nitrogens with one attached hydrogen (secondary N) is 1. The maximum Gasteiger partial charge on any atom is 0.257 e. The molecule has 0 amide bonds. The second-order valence-corrected chi connectivity index (χ2v) is 4.72. The SMILES string of the molecule is CC(C)N(CCCO)c1nc(NN)nc(-n2cccn2)n1. The number of hydrazine groups is 1. The fourth-order valence-electron chi connectivity index (χ4n) is 1.87. The largest absolute Gasteiger partial charge is 0.396 e. The number of hydrogen-bond donors (Lipinski definition) is 3. The van der Waals surface area contributed by atoms with Gasteiger partial charge in [-0.2, -0.15) is 20.1 Å². The van der Waals surface area contributed by atoms with Gasteiger partial charge < -0.3 is 10.0 Å². The van der Waals surface area contributed by atoms with Crippen molar-refractivity contribution in [3.05, 3.63) is 18.5 Å². The molecule has 0 aromatic carbocycles. The van der Waals surface area contributed by atoms with E-state index in [0.29, 0.717) is 24.9 Å². The highest BCUT2D eigenvalue weighted by molar-refractivity contribution is 5.40. The Morgan fingerprint density at radius 3 is 2.76 bits per heavy atom. The van der Waals surface area contributed by atoms with E-state index in [1.807, 2.05) is 18.7 Å². The summed E-state index contributed by atoms with van der Waals surface area (Å²) in [5, 5.41) is 13.1. The van der Waals surface area contributed by atoms with Crippen molar-refractivity contribution in [3.8, 4) is 5.95 Å². The zero-order chi connectivity index (χ0) is 15.2. The zero-order valence-electron chi connectivity index (χ0n) is 12.1. The van der Waals surface area contributed by atoms with Gasteiger partial charge in [0.1, 0.15) is 0 Å². The molecule has 0 saturated heterocycles. The molecule has 2 aromatic rings. The Bertz CT molecular complexity index is 556. The van der Waals surface area contributed by atoms with Gasteiger partial charge in [-0.05, 0) is 26.3 Å². The molecule has 0 atom stereocenters. The number of aromatic nitrogens is 5. The van der Waals surface area contributed by atoms with Crippen molar-refractivity contribution in [1.29, 1.82) is 0 Å². The zero-order valence-corrected chi connectivity index (χ0v) is 12.1. The van der Waals surface area contributed by atoms with Crippen LogP contribution in [0.5, 0.6) is 0 Å². The van der Waals surface area contributed by atoms with Crippen LogP contribution in [0.4, 0.5) is 11.9 Å². The highest BCUT2D eigenvalue weighted by atomic mass is 16.3. The lowest BCUT2D eigenvalue weighted by atomic mass is 10.3. The Balaban J connectivity index is 2.39. The van der Waals surface area contributed by atoms with Gasteiger partial charge in [0.2, 0.25) is 11.9 Å². The van der Waals surface area contributed by atoms with Crippen molar-refractivity contribution in [2.24, 2.45) is 5.84 Å². The van der Waals surface area contributed by atoms with E-state index in [2.05, 4.69) is 25.5 Å². The molecule has 9 heteroatoms. The fraction of sp³-hybridized carbons (Fsp3) is 0.500. The van der Waals surface area contributed by atoms with Crippen molar-refractivity contribution in [1.82, 2.24) is 24.7 Å². The topological polar surface area (TPSA) is 118 Å². The molecule has 0 bridgehead atoms. The standard InChI is InChI=1S/C12H20N8O/c1-9(2)19(6-4-8-21)11-15-10(18-13)16-12(17-11)20-7-3-5-14-20/h3,5,7,9,21H,4,6,8,13H2,1-2H3,(H,15,16,17,18). The molecule has 0 aliphatic rings. The van der Waals surface area contributed by atoms with Crippen LogP contribution >= 0.6 is 0 Å². The number of nitrogens with two attached hydrogens (primary N) is 1. The van der Waals surface area contributed by atoms with Gasteiger partial charge in [-0.15, -0.1) is 0 Å². The molecule has 0 radical (unpaired) electrons. The summed E-state index contributed by atoms with van der Waals surface area (Å²) in [5.41, 5.74) is 2.44. The van der Waals surface area contributed by atoms with Crippen molar-refractivity contribution in [2.45, 2.75) is 26.3 Å². The van der Waals surface area contributed by atoms with Crippen LogP contribution in [0.15, 0.2) is 18.5 Å². The number of rotatable bonds is 7. The lowest BCUT2D eigenvalue weighted by molar-refractivity contribution is 0.288. The second-order valence-electron chi connectivity index (χ2n) is 4.72. The van der Waals surface area contributed by atoms with Crippen molar-refractivity contribution < 1.29 is 5.11 Å². The molecule has 0 fully saturated rings. The molecule has 0 saturated carbocycles. The monoisotopic (exact) mass is 292 g/mol. The van der Waals surface area contributed by atoms with Gasteiger partial charge >= 0.3 is 0 Å². The molecule has 2 heterocycles. The fourth-order valence-corrected chi connectivity index (χ4v) is 1.87. The average molecular weight is 292 g/mol. The Morgan fingerprint density at radius 2 is 2.19 bits per heavy atom. The van der Waals surface area contributed by atoms with Crippen molar-refractivity contribution in [2.75, 3.05) is 23.5 Å². The maximum atomic E-state index is 9.02. The summed E-state index contributed by atoms with van der Waals surface area (Å²) in [6, 6.07) is 1.96. The van der Waals surface area contributed by atoms with E-state index in [1.165, 1.54) is 4.68 Å². The third kappa shape index (κ3) is 3.64. The summed E-state index contributed by atoms with van der Waals surface area (Å²) in [7, 11) is 0. The quantitative estimate of drug-likeness (QED) is 0.480. The Morgan fingerprint density at radius 1 is 1.38 bits per heavy atom. The van der Waals surface area contributed by atoms with Gasteiger partial charge in [0, 0.05) is 31.6 Å². The molecule has 2 rings (SSSR count). The minimum Gasteiger partial charge on any atom is -0.396 e. The minimum atomic E-state index is 0.113. The second kappa shape index (κ2) is 6.95. The van der Waals surface area contributed by atoms with E-state index in [9.17, 15) is 0 Å². The van der Waals surface area contributed by atoms with Gasteiger partial charge in [-0.25, -0.2) is 10.5 Å². The van der Waals surface area contributed by atoms with Gasteiger partial charge in [0.15, 0.2) is 0 Å². The number of nitrogens with zero attached hydrogens (tertiary/aromatic N) is 6. The molecule has 9 nitrogen and oxygen atoms in total. The molecule has 0 aliphatic heterocycles. The van der Waals surface area contributed by atoms with Crippen molar-refractivity contribution >= 4 is 11.9 Å². The summed E-state index contributed by atoms with van der Waals surface area (Å²) >= 11 is 0. The molecule has 4 N–H and O–H groups in total. The summed E-state index contributed by atoms with van der Waals surface area (Å²) < 4.78 is 1.54. The number of hydrogen-bond acceptors (Lipinski definition) is 8. The van der Waals surface area contributed by atoms with Crippen LogP contribution in [0.25, 0.3) is 5.95 Å². The first-order chi connectivity index (χ1) is 10.2. The van der Waals surface area contributed by atoms with Crippen LogP contribution in [-0.2, 0) is 0 Å². The van der Waals surface area contributed by atoms with Gasteiger partial charge in [0.25, 0.3) is 5.95 Å². The van der Waals surface area contributed by atoms with Crippen LogP contribution in [0.3, 0.4) is 0 Å². The Labute approximate surface area is 122 Å². The highest BCUT2D eigenvalue weighted by Crippen LogP contribution is 2.15. The average Bonchev–Trinajstić information content (AvgIpc) is 3.01. The van der Waals surface area contributed by atoms with Crippen LogP contribution in [0.2, 0.25) is 0 Å². The third-order valence-electron chi connectivity index (χ3n) is 2.89. The lowest BCUT2D eigenvalue weighted by Gasteiger charge is -2.26. The molecule has 0 unspecified atom stereocenters. The summed E-state index contributed by atoms with van der Waals surface area (Å²) in [5.74, 6) is 6.56. The first-order valence-electron chi connectivity index (χ1n) is 6.76. The smallest absolute Gasteiger partial charge is 0.257 e. The number of aliphatic hydroxyl groups is 1. The molecule has 0 aliphatic carbocycles. The first kappa shape index (κ1) is 15.1. The van der Waals surface area contributed by atoms with Crippen molar-refractivity contribution in [3.63, 3.8) is 0 Å². The van der Waals surface area contributed by atoms with Crippen LogP contribution in [0.1, 0.15) is 20.3 Å². The predicted molar refractivity (Wildman–Crippen MR) is 78.9 cm³/mol. The van der Waals surface area contributed by atoms with E-state index < -0.39 is 0 Å². The Kier molecular flexibility index (Phi) is 5.01. The van der Waals surface area contributed by atoms with Crippen LogP contribution in [-0.4, -0.2) is 49.0 Å². The third-order valence-corrected chi connectivity index (χ3v) is 2.89. The number of anilines is 2. The normalized spacial score (nSPS) is 10.9. The van der Waals surface area contributed by atoms with E-state index in [1.54, 1.807) is 18.5 Å². The molecule has 21 heavy (non-hydrogen) atoms. The Hall–Kier alpha value is -2.26. The molecule has 114 valence electrons. The molecule has 2 aromatic heterocycles. The summed E-state index contributed by atoms with van der Waals surface area (Å²) in [6.07, 6.45) is 4.02. The van der Waals surface area contributed by atoms with Crippen LogP contribution in [0, 0.1) is 0 Å².